The largest absolute Gasteiger partial charge is 0.329 e. The number of hydrogen-bond donors (Lipinski definition) is 2. The van der Waals surface area contributed by atoms with Gasteiger partial charge in [-0.1, -0.05) is 24.3 Å². The quantitative estimate of drug-likeness (QED) is 0.683. The van der Waals surface area contributed by atoms with E-state index in [0.717, 1.165) is 29.3 Å². The maximum absolute atomic E-state index is 12.4. The Balaban J connectivity index is 1.53. The van der Waals surface area contributed by atoms with Crippen LogP contribution < -0.4 is 16.4 Å². The fraction of sp³-hybridized carbons (Fsp3) is 0.222. The van der Waals surface area contributed by atoms with Crippen molar-refractivity contribution in [3.8, 4) is 0 Å². The van der Waals surface area contributed by atoms with Gasteiger partial charge in [0.1, 0.15) is 0 Å². The molecule has 0 spiro atoms. The van der Waals surface area contributed by atoms with Crippen LogP contribution in [0.15, 0.2) is 64.4 Å². The first-order valence-electron chi connectivity index (χ1n) is 7.70. The first-order chi connectivity index (χ1) is 11.2. The molecule has 2 heterocycles. The number of aromatic nitrogens is 2. The second kappa shape index (κ2) is 7.07. The Bertz CT molecular complexity index is 891. The third-order valence-electron chi connectivity index (χ3n) is 3.82. The van der Waals surface area contributed by atoms with Gasteiger partial charge in [-0.15, -0.1) is 0 Å². The molecule has 2 N–H and O–H groups in total. The van der Waals surface area contributed by atoms with Crippen molar-refractivity contribution in [3.05, 3.63) is 81.1 Å². The van der Waals surface area contributed by atoms with Crippen LogP contribution in [-0.4, -0.2) is 16.1 Å². The molecule has 0 aliphatic carbocycles. The Morgan fingerprint density at radius 3 is 2.74 bits per heavy atom. The molecule has 5 nitrogen and oxygen atoms in total. The Kier molecular flexibility index (Phi) is 4.68. The molecule has 1 aromatic carbocycles. The van der Waals surface area contributed by atoms with Gasteiger partial charge >= 0.3 is 0 Å². The van der Waals surface area contributed by atoms with Crippen LogP contribution in [0.1, 0.15) is 12.0 Å². The molecular weight excluding hydrogens is 290 g/mol. The molecule has 3 aromatic rings. The van der Waals surface area contributed by atoms with Crippen LogP contribution in [0.4, 0.5) is 0 Å². The minimum absolute atomic E-state index is 0.0590. The van der Waals surface area contributed by atoms with Gasteiger partial charge < -0.3 is 14.9 Å². The summed E-state index contributed by atoms with van der Waals surface area (Å²) in [5.74, 6) is 0. The van der Waals surface area contributed by atoms with E-state index in [0.29, 0.717) is 13.1 Å². The van der Waals surface area contributed by atoms with Gasteiger partial charge in [-0.2, -0.15) is 0 Å². The van der Waals surface area contributed by atoms with E-state index < -0.39 is 0 Å². The van der Waals surface area contributed by atoms with Crippen molar-refractivity contribution in [3.63, 3.8) is 0 Å². The SMILES string of the molecule is O=c1ccc(CNCCCn2ccc3ccccc3c2=O)c[nH]1. The Morgan fingerprint density at radius 1 is 1.04 bits per heavy atom. The highest BCUT2D eigenvalue weighted by atomic mass is 16.1. The van der Waals surface area contributed by atoms with E-state index >= 15 is 0 Å². The molecular formula is C18H19N3O2. The van der Waals surface area contributed by atoms with Crippen LogP contribution in [0, 0.1) is 0 Å². The van der Waals surface area contributed by atoms with E-state index in [2.05, 4.69) is 10.3 Å². The van der Waals surface area contributed by atoms with E-state index in [1.54, 1.807) is 16.8 Å². The summed E-state index contributed by atoms with van der Waals surface area (Å²) in [6, 6.07) is 12.9. The summed E-state index contributed by atoms with van der Waals surface area (Å²) in [5, 5.41) is 5.05. The normalized spacial score (nSPS) is 11.0. The zero-order valence-corrected chi connectivity index (χ0v) is 12.8. The van der Waals surface area contributed by atoms with Gasteiger partial charge in [0, 0.05) is 36.9 Å². The third-order valence-corrected chi connectivity index (χ3v) is 3.82. The van der Waals surface area contributed by atoms with Crippen molar-refractivity contribution in [2.75, 3.05) is 6.54 Å². The zero-order chi connectivity index (χ0) is 16.1. The number of hydrogen-bond acceptors (Lipinski definition) is 3. The molecule has 0 amide bonds. The molecule has 0 fully saturated rings. The average molecular weight is 309 g/mol. The maximum atomic E-state index is 12.4. The second-order valence-electron chi connectivity index (χ2n) is 5.49. The number of H-pyrrole nitrogens is 1. The highest BCUT2D eigenvalue weighted by Gasteiger charge is 2.01. The molecule has 0 aliphatic rings. The lowest BCUT2D eigenvalue weighted by Gasteiger charge is -2.08. The molecule has 2 aromatic heterocycles. The molecule has 0 saturated heterocycles. The van der Waals surface area contributed by atoms with Crippen molar-refractivity contribution in [2.24, 2.45) is 0 Å². The zero-order valence-electron chi connectivity index (χ0n) is 12.8. The molecule has 0 atom stereocenters. The summed E-state index contributed by atoms with van der Waals surface area (Å²) in [4.78, 5) is 26.0. The van der Waals surface area contributed by atoms with Crippen molar-refractivity contribution in [1.29, 1.82) is 0 Å². The van der Waals surface area contributed by atoms with Gasteiger partial charge in [-0.3, -0.25) is 9.59 Å². The van der Waals surface area contributed by atoms with Crippen LogP contribution in [0.5, 0.6) is 0 Å². The average Bonchev–Trinajstić information content (AvgIpc) is 2.58. The standard InChI is InChI=1S/C18H19N3O2/c22-17-7-6-14(13-20-17)12-19-9-3-10-21-11-8-15-4-1-2-5-16(15)18(21)23/h1-2,4-8,11,13,19H,3,9-10,12H2,(H,20,22). The Labute approximate surface area is 133 Å². The first-order valence-corrected chi connectivity index (χ1v) is 7.70. The topological polar surface area (TPSA) is 66.9 Å². The molecule has 0 saturated carbocycles. The van der Waals surface area contributed by atoms with Gasteiger partial charge in [0.15, 0.2) is 0 Å². The van der Waals surface area contributed by atoms with Gasteiger partial charge in [-0.05, 0) is 36.0 Å². The molecule has 0 radical (unpaired) electrons. The number of nitrogens with zero attached hydrogens (tertiary/aromatic N) is 1. The van der Waals surface area contributed by atoms with Crippen LogP contribution in [0.2, 0.25) is 0 Å². The van der Waals surface area contributed by atoms with E-state index in [9.17, 15) is 9.59 Å². The molecule has 5 heteroatoms. The lowest BCUT2D eigenvalue weighted by atomic mass is 10.2. The summed E-state index contributed by atoms with van der Waals surface area (Å²) in [6.45, 7) is 2.18. The van der Waals surface area contributed by atoms with Crippen LogP contribution in [0.3, 0.4) is 0 Å². The Morgan fingerprint density at radius 2 is 1.91 bits per heavy atom. The van der Waals surface area contributed by atoms with Crippen LogP contribution >= 0.6 is 0 Å². The Hall–Kier alpha value is -2.66. The molecule has 23 heavy (non-hydrogen) atoms. The smallest absolute Gasteiger partial charge is 0.258 e. The van der Waals surface area contributed by atoms with Gasteiger partial charge in [0.25, 0.3) is 5.56 Å². The van der Waals surface area contributed by atoms with Crippen molar-refractivity contribution < 1.29 is 0 Å². The molecule has 3 rings (SSSR count). The lowest BCUT2D eigenvalue weighted by Crippen LogP contribution is -2.22. The maximum Gasteiger partial charge on any atom is 0.258 e. The summed E-state index contributed by atoms with van der Waals surface area (Å²) in [6.07, 6.45) is 4.43. The molecule has 0 bridgehead atoms. The van der Waals surface area contributed by atoms with Gasteiger partial charge in [0.05, 0.1) is 0 Å². The number of aromatic amines is 1. The van der Waals surface area contributed by atoms with E-state index in [-0.39, 0.29) is 11.1 Å². The molecule has 118 valence electrons. The highest BCUT2D eigenvalue weighted by molar-refractivity contribution is 5.81. The number of rotatable bonds is 6. The fourth-order valence-corrected chi connectivity index (χ4v) is 2.57. The minimum Gasteiger partial charge on any atom is -0.329 e. The van der Waals surface area contributed by atoms with Crippen molar-refractivity contribution >= 4 is 10.8 Å². The van der Waals surface area contributed by atoms with E-state index in [1.807, 2.05) is 36.5 Å². The van der Waals surface area contributed by atoms with Crippen molar-refractivity contribution in [2.45, 2.75) is 19.5 Å². The van der Waals surface area contributed by atoms with Crippen LogP contribution in [0.25, 0.3) is 10.8 Å². The second-order valence-corrected chi connectivity index (χ2v) is 5.49. The third kappa shape index (κ3) is 3.76. The van der Waals surface area contributed by atoms with E-state index in [1.165, 1.54) is 6.07 Å². The highest BCUT2D eigenvalue weighted by Crippen LogP contribution is 2.08. The fourth-order valence-electron chi connectivity index (χ4n) is 2.57. The number of pyridine rings is 2. The minimum atomic E-state index is -0.0931. The van der Waals surface area contributed by atoms with Gasteiger partial charge in [0.2, 0.25) is 5.56 Å². The lowest BCUT2D eigenvalue weighted by molar-refractivity contribution is 0.572. The first kappa shape index (κ1) is 15.2. The monoisotopic (exact) mass is 309 g/mol. The molecule has 0 unspecified atom stereocenters. The van der Waals surface area contributed by atoms with Gasteiger partial charge in [-0.25, -0.2) is 0 Å². The predicted molar refractivity (Wildman–Crippen MR) is 91.6 cm³/mol. The summed E-state index contributed by atoms with van der Waals surface area (Å²) < 4.78 is 1.75. The van der Waals surface area contributed by atoms with Crippen LogP contribution in [-0.2, 0) is 13.1 Å². The van der Waals surface area contributed by atoms with Crippen molar-refractivity contribution in [1.82, 2.24) is 14.9 Å². The molecule has 0 aliphatic heterocycles. The summed E-state index contributed by atoms with van der Waals surface area (Å²) in [7, 11) is 0. The number of nitrogens with one attached hydrogen (secondary N) is 2. The predicted octanol–water partition coefficient (Wildman–Crippen LogP) is 1.87. The summed E-state index contributed by atoms with van der Waals surface area (Å²) in [5.41, 5.74) is 1.00. The number of aryl methyl sites for hydroxylation is 1. The number of benzene rings is 1. The van der Waals surface area contributed by atoms with E-state index in [4.69, 9.17) is 0 Å². The summed E-state index contributed by atoms with van der Waals surface area (Å²) >= 11 is 0. The number of fused-ring (bicyclic) bond motifs is 1.